The molecule has 0 amide bonds. The number of nitrogens with two attached hydrogens (primary N) is 1. The summed E-state index contributed by atoms with van der Waals surface area (Å²) in [6.07, 6.45) is 1.54. The van der Waals surface area contributed by atoms with Crippen LogP contribution in [0.25, 0.3) is 0 Å². The summed E-state index contributed by atoms with van der Waals surface area (Å²) in [7, 11) is 0. The second kappa shape index (κ2) is 5.86. The van der Waals surface area contributed by atoms with Gasteiger partial charge in [0.2, 0.25) is 5.95 Å². The van der Waals surface area contributed by atoms with Crippen molar-refractivity contribution in [3.63, 3.8) is 0 Å². The molecule has 1 heterocycles. The maximum Gasteiger partial charge on any atom is 0.324 e. The van der Waals surface area contributed by atoms with Crippen LogP contribution in [0.2, 0.25) is 0 Å². The Balaban J connectivity index is 2.86. The molecule has 0 bridgehead atoms. The molecule has 0 aliphatic rings. The van der Waals surface area contributed by atoms with E-state index in [0.717, 1.165) is 0 Å². The van der Waals surface area contributed by atoms with Crippen molar-refractivity contribution in [2.24, 2.45) is 5.84 Å². The predicted octanol–water partition coefficient (Wildman–Crippen LogP) is 0.509. The molecule has 1 rings (SSSR count). The molecule has 0 aliphatic carbocycles. The third kappa shape index (κ3) is 3.70. The van der Waals surface area contributed by atoms with Gasteiger partial charge in [0.25, 0.3) is 0 Å². The molecule has 1 aromatic rings. The van der Waals surface area contributed by atoms with Crippen LogP contribution in [0.5, 0.6) is 12.0 Å². The van der Waals surface area contributed by atoms with E-state index >= 15 is 0 Å². The van der Waals surface area contributed by atoms with Gasteiger partial charge in [-0.2, -0.15) is 9.97 Å². The fourth-order valence-electron chi connectivity index (χ4n) is 0.864. The lowest BCUT2D eigenvalue weighted by Gasteiger charge is -2.09. The number of anilines is 1. The van der Waals surface area contributed by atoms with Crippen molar-refractivity contribution in [3.8, 4) is 12.0 Å². The van der Waals surface area contributed by atoms with E-state index in [0.29, 0.717) is 6.61 Å². The Bertz CT molecular complexity index is 356. The van der Waals surface area contributed by atoms with E-state index in [1.54, 1.807) is 6.08 Å². The number of hydrazine groups is 1. The van der Waals surface area contributed by atoms with Gasteiger partial charge in [0.1, 0.15) is 6.61 Å². The van der Waals surface area contributed by atoms with E-state index in [4.69, 9.17) is 15.3 Å². The Morgan fingerprint density at radius 2 is 2.06 bits per heavy atom. The Morgan fingerprint density at radius 3 is 2.62 bits per heavy atom. The zero-order valence-electron chi connectivity index (χ0n) is 9.30. The first-order chi connectivity index (χ1) is 7.65. The minimum absolute atomic E-state index is 0.0414. The van der Waals surface area contributed by atoms with E-state index in [9.17, 15) is 0 Å². The molecule has 0 fully saturated rings. The summed E-state index contributed by atoms with van der Waals surface area (Å²) >= 11 is 0. The fourth-order valence-corrected chi connectivity index (χ4v) is 0.864. The van der Waals surface area contributed by atoms with Gasteiger partial charge in [-0.25, -0.2) is 5.84 Å². The topological polar surface area (TPSA) is 95.2 Å². The standard InChI is InChI=1S/C9H15N5O2/c1-4-5-15-8-11-7(14-10)12-9(13-8)16-6(2)3/h4,6H,1,5,10H2,2-3H3,(H,11,12,13,14). The average molecular weight is 225 g/mol. The molecule has 0 unspecified atom stereocenters. The van der Waals surface area contributed by atoms with Gasteiger partial charge in [-0.3, -0.25) is 5.43 Å². The average Bonchev–Trinajstić information content (AvgIpc) is 2.25. The highest BCUT2D eigenvalue weighted by atomic mass is 16.5. The van der Waals surface area contributed by atoms with E-state index in [1.807, 2.05) is 13.8 Å². The summed E-state index contributed by atoms with van der Waals surface area (Å²) < 4.78 is 10.5. The minimum Gasteiger partial charge on any atom is -0.461 e. The van der Waals surface area contributed by atoms with E-state index in [-0.39, 0.29) is 24.1 Å². The number of aromatic nitrogens is 3. The first-order valence-corrected chi connectivity index (χ1v) is 4.78. The number of nitrogen functional groups attached to an aromatic ring is 1. The molecule has 3 N–H and O–H groups in total. The summed E-state index contributed by atoms with van der Waals surface area (Å²) in [6, 6.07) is 0.301. The van der Waals surface area contributed by atoms with Crippen molar-refractivity contribution in [1.29, 1.82) is 0 Å². The van der Waals surface area contributed by atoms with Gasteiger partial charge in [-0.15, -0.1) is 4.98 Å². The van der Waals surface area contributed by atoms with Crippen LogP contribution < -0.4 is 20.7 Å². The third-order valence-corrected chi connectivity index (χ3v) is 1.39. The number of rotatable bonds is 6. The normalized spacial score (nSPS) is 10.0. The molecule has 0 aromatic carbocycles. The molecular formula is C9H15N5O2. The van der Waals surface area contributed by atoms with E-state index < -0.39 is 0 Å². The number of nitrogens with zero attached hydrogens (tertiary/aromatic N) is 3. The summed E-state index contributed by atoms with van der Waals surface area (Å²) in [5, 5.41) is 0. The molecule has 0 aliphatic heterocycles. The molecule has 0 atom stereocenters. The van der Waals surface area contributed by atoms with Crippen molar-refractivity contribution in [2.45, 2.75) is 20.0 Å². The highest BCUT2D eigenvalue weighted by molar-refractivity contribution is 5.25. The van der Waals surface area contributed by atoms with Crippen LogP contribution in [0.4, 0.5) is 5.95 Å². The van der Waals surface area contributed by atoms with Gasteiger partial charge >= 0.3 is 12.0 Å². The third-order valence-electron chi connectivity index (χ3n) is 1.39. The summed E-state index contributed by atoms with van der Waals surface area (Å²) in [4.78, 5) is 11.8. The van der Waals surface area contributed by atoms with Gasteiger partial charge in [0.15, 0.2) is 0 Å². The largest absolute Gasteiger partial charge is 0.461 e. The molecule has 0 saturated heterocycles. The van der Waals surface area contributed by atoms with Crippen LogP contribution in [-0.4, -0.2) is 27.7 Å². The Hall–Kier alpha value is -1.89. The molecule has 0 saturated carbocycles. The monoisotopic (exact) mass is 225 g/mol. The maximum absolute atomic E-state index is 5.31. The van der Waals surface area contributed by atoms with Gasteiger partial charge in [0.05, 0.1) is 6.10 Å². The highest BCUT2D eigenvalue weighted by Gasteiger charge is 2.08. The van der Waals surface area contributed by atoms with Crippen LogP contribution in [0.3, 0.4) is 0 Å². The number of nitrogens with one attached hydrogen (secondary N) is 1. The zero-order valence-corrected chi connectivity index (χ0v) is 9.30. The molecule has 7 nitrogen and oxygen atoms in total. The molecule has 0 spiro atoms. The number of hydrogen-bond donors (Lipinski definition) is 2. The first-order valence-electron chi connectivity index (χ1n) is 4.78. The smallest absolute Gasteiger partial charge is 0.324 e. The van der Waals surface area contributed by atoms with Crippen LogP contribution >= 0.6 is 0 Å². The number of hydrogen-bond acceptors (Lipinski definition) is 7. The molecular weight excluding hydrogens is 210 g/mol. The summed E-state index contributed by atoms with van der Waals surface area (Å²) in [5.74, 6) is 5.40. The molecule has 1 aromatic heterocycles. The maximum atomic E-state index is 5.31. The fraction of sp³-hybridized carbons (Fsp3) is 0.444. The highest BCUT2D eigenvalue weighted by Crippen LogP contribution is 2.13. The Kier molecular flexibility index (Phi) is 4.46. The number of ether oxygens (including phenoxy) is 2. The van der Waals surface area contributed by atoms with Gasteiger partial charge in [0, 0.05) is 0 Å². The van der Waals surface area contributed by atoms with Crippen LogP contribution in [0, 0.1) is 0 Å². The van der Waals surface area contributed by atoms with Crippen LogP contribution in [-0.2, 0) is 0 Å². The van der Waals surface area contributed by atoms with Gasteiger partial charge < -0.3 is 9.47 Å². The SMILES string of the molecule is C=CCOc1nc(NN)nc(OC(C)C)n1. The van der Waals surface area contributed by atoms with Gasteiger partial charge in [-0.1, -0.05) is 12.7 Å². The van der Waals surface area contributed by atoms with E-state index in [2.05, 4.69) is 27.0 Å². The summed E-state index contributed by atoms with van der Waals surface area (Å²) in [5.41, 5.74) is 2.31. The van der Waals surface area contributed by atoms with Crippen molar-refractivity contribution in [2.75, 3.05) is 12.0 Å². The molecule has 16 heavy (non-hydrogen) atoms. The lowest BCUT2D eigenvalue weighted by atomic mass is 10.5. The lowest BCUT2D eigenvalue weighted by molar-refractivity contribution is 0.215. The molecule has 0 radical (unpaired) electrons. The van der Waals surface area contributed by atoms with Crippen molar-refractivity contribution < 1.29 is 9.47 Å². The van der Waals surface area contributed by atoms with E-state index in [1.165, 1.54) is 0 Å². The quantitative estimate of drug-likeness (QED) is 0.413. The Morgan fingerprint density at radius 1 is 1.38 bits per heavy atom. The van der Waals surface area contributed by atoms with Crippen molar-refractivity contribution >= 4 is 5.95 Å². The van der Waals surface area contributed by atoms with Crippen molar-refractivity contribution in [3.05, 3.63) is 12.7 Å². The second-order valence-electron chi connectivity index (χ2n) is 3.13. The first kappa shape index (κ1) is 12.2. The minimum atomic E-state index is -0.0414. The predicted molar refractivity (Wildman–Crippen MR) is 59.1 cm³/mol. The molecule has 7 heteroatoms. The van der Waals surface area contributed by atoms with Crippen LogP contribution in [0.15, 0.2) is 12.7 Å². The summed E-state index contributed by atoms with van der Waals surface area (Å²) in [6.45, 7) is 7.55. The second-order valence-corrected chi connectivity index (χ2v) is 3.13. The molecule has 88 valence electrons. The van der Waals surface area contributed by atoms with Crippen molar-refractivity contribution in [1.82, 2.24) is 15.0 Å². The van der Waals surface area contributed by atoms with Gasteiger partial charge in [-0.05, 0) is 13.8 Å². The lowest BCUT2D eigenvalue weighted by Crippen LogP contribution is -2.15. The zero-order chi connectivity index (χ0) is 12.0. The van der Waals surface area contributed by atoms with Crippen LogP contribution in [0.1, 0.15) is 13.8 Å². The Labute approximate surface area is 93.7 Å².